The summed E-state index contributed by atoms with van der Waals surface area (Å²) in [5, 5.41) is 47.8. The molecule has 0 radical (unpaired) electrons. The normalized spacial score (nSPS) is 10.6. The van der Waals surface area contributed by atoms with Gasteiger partial charge < -0.3 is 67.5 Å². The highest BCUT2D eigenvalue weighted by Gasteiger charge is 2.38. The Kier molecular flexibility index (Phi) is 49.4. The molecular formula is C113H130F6N6O18S6. The summed E-state index contributed by atoms with van der Waals surface area (Å²) in [6.07, 6.45) is -3.37. The Labute approximate surface area is 899 Å². The van der Waals surface area contributed by atoms with Crippen molar-refractivity contribution in [3.8, 4) is 46.0 Å². The third-order valence-corrected chi connectivity index (χ3v) is 24.9. The molecule has 0 spiro atoms. The second kappa shape index (κ2) is 59.9. The Morgan fingerprint density at radius 1 is 0.356 bits per heavy atom. The maximum absolute atomic E-state index is 13.9. The Morgan fingerprint density at radius 2 is 0.651 bits per heavy atom. The average Bonchev–Trinajstić information content (AvgIpc) is 0.788. The molecule has 0 unspecified atom stereocenters. The number of hydrogen-bond acceptors (Lipinski definition) is 24. The topological polar surface area (TPSA) is 263 Å². The first-order chi connectivity index (χ1) is 70.7. The Balaban J connectivity index is 0.000000242. The first-order valence-corrected chi connectivity index (χ1v) is 50.9. The van der Waals surface area contributed by atoms with Crippen LogP contribution in [-0.4, -0.2) is 107 Å². The molecule has 0 saturated heterocycles. The number of rotatable bonds is 30. The third-order valence-electron chi connectivity index (χ3n) is 22.6. The van der Waals surface area contributed by atoms with E-state index in [0.717, 1.165) is 142 Å². The number of methoxy groups -OCH3 is 5. The van der Waals surface area contributed by atoms with Crippen LogP contribution in [0.2, 0.25) is 0 Å². The molecule has 0 bridgehead atoms. The van der Waals surface area contributed by atoms with E-state index in [4.69, 9.17) is 101 Å². The lowest BCUT2D eigenvalue weighted by Gasteiger charge is -2.24. The van der Waals surface area contributed by atoms with Gasteiger partial charge in [0.2, 0.25) is 0 Å². The predicted molar refractivity (Wildman–Crippen MR) is 597 cm³/mol. The third kappa shape index (κ3) is 36.4. The molecule has 798 valence electrons. The SMILES string of the molecule is CCOc1cccc(COc2ccc(C)cc2C)c1N(O)C(=S)OC.CCc1cc(F)cc(COc2ccc(C)cc2C)c1NC(=O)SC.COC(=S)N(O)c1c(COc2ccc(C)cc2C)cccc1C(F)(F)F.COC(=S)N(O)c1c(COc2ccc(C)cc2C)cccc1C(F)F.COC(=S)N(O)c1c(COc2ccc(C)cc2C)cccc1OC.CSC(=O)Nc1c(C)cc(C(C)C)cc1COc1ccc(C)cc1C. The van der Waals surface area contributed by atoms with Crippen LogP contribution in [-0.2, 0) is 71.2 Å². The molecule has 0 fully saturated rings. The fraction of sp³-hybridized carbons (Fsp3) is 0.310. The van der Waals surface area contributed by atoms with Crippen molar-refractivity contribution in [3.05, 3.63) is 340 Å². The van der Waals surface area contributed by atoms with E-state index in [-0.39, 0.29) is 86.7 Å². The molecule has 0 aromatic heterocycles. The zero-order valence-electron chi connectivity index (χ0n) is 88.0. The number of halogens is 6. The number of hydrogen-bond donors (Lipinski definition) is 6. The first-order valence-electron chi connectivity index (χ1n) is 46.8. The fourth-order valence-electron chi connectivity index (χ4n) is 15.1. The molecule has 6 N–H and O–H groups in total. The number of aryl methyl sites for hydroxylation is 14. The quantitative estimate of drug-likeness (QED) is 0.0139. The summed E-state index contributed by atoms with van der Waals surface area (Å²) >= 11 is 21.9. The Bertz CT molecular complexity index is 6580. The van der Waals surface area contributed by atoms with E-state index in [1.807, 2.05) is 193 Å². The maximum atomic E-state index is 13.9. The smallest absolute Gasteiger partial charge is 0.418 e. The summed E-state index contributed by atoms with van der Waals surface area (Å²) in [6, 6.07) is 61.1. The number of para-hydroxylation sites is 4. The molecule has 24 nitrogen and oxygen atoms in total. The minimum absolute atomic E-state index is 0.0107. The van der Waals surface area contributed by atoms with Gasteiger partial charge in [0.05, 0.1) is 70.5 Å². The number of thioether (sulfide) groups is 2. The molecule has 2 amide bonds. The molecule has 0 aliphatic rings. The van der Waals surface area contributed by atoms with Gasteiger partial charge in [0, 0.05) is 38.9 Å². The van der Waals surface area contributed by atoms with Crippen LogP contribution < -0.4 is 68.8 Å². The lowest BCUT2D eigenvalue weighted by atomic mass is 9.96. The van der Waals surface area contributed by atoms with Crippen molar-refractivity contribution in [2.75, 3.05) is 85.6 Å². The maximum Gasteiger partial charge on any atom is 0.418 e. The van der Waals surface area contributed by atoms with E-state index < -0.39 is 29.0 Å². The summed E-state index contributed by atoms with van der Waals surface area (Å²) in [7, 11) is 6.74. The molecule has 12 rings (SSSR count). The number of ether oxygens (including phenoxy) is 12. The van der Waals surface area contributed by atoms with E-state index in [1.165, 1.54) is 98.9 Å². The molecule has 12 aromatic carbocycles. The summed E-state index contributed by atoms with van der Waals surface area (Å²) in [6.45, 7) is 35.4. The number of nitrogens with zero attached hydrogens (tertiary/aromatic N) is 4. The number of hydroxylamine groups is 4. The van der Waals surface area contributed by atoms with Crippen molar-refractivity contribution < 1.29 is 114 Å². The van der Waals surface area contributed by atoms with Gasteiger partial charge in [-0.3, -0.25) is 30.4 Å². The van der Waals surface area contributed by atoms with Crippen molar-refractivity contribution in [3.63, 3.8) is 0 Å². The monoisotopic (exact) mass is 2160 g/mol. The van der Waals surface area contributed by atoms with Crippen LogP contribution in [0.5, 0.6) is 46.0 Å². The minimum Gasteiger partial charge on any atom is -0.494 e. The van der Waals surface area contributed by atoms with E-state index in [1.54, 1.807) is 36.8 Å². The van der Waals surface area contributed by atoms with Gasteiger partial charge in [0.25, 0.3) is 37.6 Å². The van der Waals surface area contributed by atoms with Gasteiger partial charge in [-0.25, -0.2) is 13.2 Å². The summed E-state index contributed by atoms with van der Waals surface area (Å²) in [5.41, 5.74) is 19.8. The molecule has 0 aliphatic carbocycles. The van der Waals surface area contributed by atoms with Gasteiger partial charge in [0.15, 0.2) is 0 Å². The van der Waals surface area contributed by atoms with Crippen molar-refractivity contribution in [2.45, 2.75) is 182 Å². The highest BCUT2D eigenvalue weighted by Crippen LogP contribution is 2.43. The van der Waals surface area contributed by atoms with Crippen LogP contribution in [0.1, 0.15) is 168 Å². The molecule has 0 aliphatic heterocycles. The summed E-state index contributed by atoms with van der Waals surface area (Å²) < 4.78 is 146. The Morgan fingerprint density at radius 3 is 0.966 bits per heavy atom. The zero-order valence-corrected chi connectivity index (χ0v) is 92.9. The fourth-order valence-corrected chi connectivity index (χ4v) is 15.9. The standard InChI is InChI=1S/C21H27NO2S.C19H22FNO2S.C19H23NO4S.C18H18F3NO3S.C18H19F2NO3S.C18H21NO4S/c1-13(2)17-10-16(5)20(22-21(23)25-6)18(11-17)12-24-19-8-7-14(3)9-15(19)4;1-5-14-9-16(20)10-15(18(14)21-19(22)24-4)11-23-17-7-6-12(2)8-13(17)3;1-5-23-17-8-6-7-15(18(17)20(21)19(25)22-4)12-24-16-10-9-13(2)11-14(16)3;1-11-7-8-15(12(2)9-11)25-10-13-5-4-6-14(18(19,20)21)16(13)22(23)17(26)24-3;1-11-7-8-15(12(2)9-11)24-10-13-5-4-6-14(17(19)20)16(13)21(22)18(25)23-3;1-12-8-9-15(13(2)10-12)23-11-14-6-5-7-16(21-3)17(14)19(20)18(24)22-4/h7-11,13H,12H2,1-6H3,(H,22,23);6-10H,5,11H2,1-4H3,(H,21,22);6-11,21H,5,12H2,1-4H3;4-9,23H,10H2,1-3H3;4-9,17,22H,10H2,1-3H3;5-10,20H,11H2,1-4H3. The number of amides is 2. The summed E-state index contributed by atoms with van der Waals surface area (Å²) in [4.78, 5) is 23.7. The van der Waals surface area contributed by atoms with E-state index >= 15 is 0 Å². The van der Waals surface area contributed by atoms with Gasteiger partial charge in [-0.15, -0.1) is 0 Å². The lowest BCUT2D eigenvalue weighted by Crippen LogP contribution is -2.30. The highest BCUT2D eigenvalue weighted by molar-refractivity contribution is 8.13. The van der Waals surface area contributed by atoms with Crippen molar-refractivity contribution >= 4 is 138 Å². The number of alkyl halides is 5. The largest absolute Gasteiger partial charge is 0.494 e. The molecular weight excluding hydrogens is 2040 g/mol. The number of carbonyl (C=O) groups excluding carboxylic acids is 2. The number of carbonyl (C=O) groups is 2. The van der Waals surface area contributed by atoms with Gasteiger partial charge in [-0.2, -0.15) is 33.4 Å². The molecule has 0 saturated carbocycles. The zero-order chi connectivity index (χ0) is 110. The van der Waals surface area contributed by atoms with Crippen LogP contribution in [0.15, 0.2) is 206 Å². The molecule has 36 heteroatoms. The van der Waals surface area contributed by atoms with Crippen molar-refractivity contribution in [1.82, 2.24) is 0 Å². The predicted octanol–water partition coefficient (Wildman–Crippen LogP) is 30.1. The van der Waals surface area contributed by atoms with Crippen LogP contribution in [0.4, 0.5) is 70.1 Å². The molecule has 149 heavy (non-hydrogen) atoms. The van der Waals surface area contributed by atoms with Crippen LogP contribution >= 0.6 is 72.4 Å². The number of anilines is 6. The van der Waals surface area contributed by atoms with Gasteiger partial charge in [-0.1, -0.05) is 217 Å². The van der Waals surface area contributed by atoms with Crippen LogP contribution in [0.25, 0.3) is 0 Å². The van der Waals surface area contributed by atoms with Crippen molar-refractivity contribution in [1.29, 1.82) is 0 Å². The minimum atomic E-state index is -4.69. The van der Waals surface area contributed by atoms with E-state index in [2.05, 4.69) is 79.5 Å². The number of thiocarbonyl (C=S) groups is 4. The van der Waals surface area contributed by atoms with Crippen LogP contribution in [0, 0.1) is 95.8 Å². The van der Waals surface area contributed by atoms with Gasteiger partial charge in [0.1, 0.15) is 103 Å². The first kappa shape index (κ1) is 123. The average molecular weight is 2170 g/mol. The van der Waals surface area contributed by atoms with E-state index in [9.17, 15) is 56.8 Å². The molecule has 0 heterocycles. The number of nitrogens with one attached hydrogen (secondary N) is 2. The summed E-state index contributed by atoms with van der Waals surface area (Å²) in [5.74, 6) is 5.45. The van der Waals surface area contributed by atoms with E-state index in [0.29, 0.717) is 81.8 Å². The number of benzene rings is 12. The molecule has 12 aromatic rings. The van der Waals surface area contributed by atoms with Crippen molar-refractivity contribution in [2.24, 2.45) is 0 Å². The van der Waals surface area contributed by atoms with Gasteiger partial charge >= 0.3 is 6.18 Å². The van der Waals surface area contributed by atoms with Crippen LogP contribution in [0.3, 0.4) is 0 Å². The molecule has 0 atom stereocenters. The highest BCUT2D eigenvalue weighted by atomic mass is 32.2. The second-order valence-electron chi connectivity index (χ2n) is 34.3. The Hall–Kier alpha value is -13.1. The second-order valence-corrected chi connectivity index (χ2v) is 37.3. The van der Waals surface area contributed by atoms with Gasteiger partial charge in [-0.05, 0) is 287 Å². The lowest BCUT2D eigenvalue weighted by molar-refractivity contribution is -0.137.